The highest BCUT2D eigenvalue weighted by molar-refractivity contribution is 5.77. The molecule has 0 spiro atoms. The van der Waals surface area contributed by atoms with E-state index in [9.17, 15) is 9.90 Å². The summed E-state index contributed by atoms with van der Waals surface area (Å²) in [6, 6.07) is 9.51. The Hall–Kier alpha value is -1.90. The van der Waals surface area contributed by atoms with Gasteiger partial charge in [0.15, 0.2) is 0 Å². The van der Waals surface area contributed by atoms with Crippen LogP contribution < -0.4 is 0 Å². The lowest BCUT2D eigenvalue weighted by molar-refractivity contribution is -0.138. The molecule has 0 aromatic heterocycles. The number of hydrogen-bond donors (Lipinski definition) is 1. The molecule has 0 atom stereocenters. The maximum atomic E-state index is 12.9. The molecule has 25 heavy (non-hydrogen) atoms. The van der Waals surface area contributed by atoms with Crippen LogP contribution in [0.2, 0.25) is 0 Å². The molecule has 0 aliphatic heterocycles. The second-order valence-electron chi connectivity index (χ2n) is 7.39. The van der Waals surface area contributed by atoms with E-state index in [4.69, 9.17) is 5.26 Å². The topological polar surface area (TPSA) is 67.6 Å². The summed E-state index contributed by atoms with van der Waals surface area (Å²) >= 11 is 0. The minimum Gasteiger partial charge on any atom is -0.389 e. The molecule has 1 N–H and O–H groups in total. The third-order valence-electron chi connectivity index (χ3n) is 4.86. The van der Waals surface area contributed by atoms with E-state index in [2.05, 4.69) is 6.07 Å². The number of aliphatic hydroxyl groups is 1. The zero-order chi connectivity index (χ0) is 18.3. The average Bonchev–Trinajstić information content (AvgIpc) is 2.58. The quantitative estimate of drug-likeness (QED) is 0.826. The summed E-state index contributed by atoms with van der Waals surface area (Å²) in [6.45, 7) is 1.85. The maximum Gasteiger partial charge on any atom is 0.225 e. The standard InChI is InChI=1S/C20H29N3O2/c1-22(2)11-12-23(16-18-8-6-7-17(13-18)15-21)19(24)14-20(25)9-4-3-5-10-20/h6-8,13,25H,3-5,9-12,14,16H2,1-2H3. The van der Waals surface area contributed by atoms with E-state index < -0.39 is 5.60 Å². The van der Waals surface area contributed by atoms with Crippen LogP contribution in [0, 0.1) is 11.3 Å². The Kier molecular flexibility index (Phi) is 6.98. The van der Waals surface area contributed by atoms with Gasteiger partial charge in [0.2, 0.25) is 5.91 Å². The number of rotatable bonds is 7. The van der Waals surface area contributed by atoms with E-state index in [0.29, 0.717) is 31.5 Å². The van der Waals surface area contributed by atoms with Crippen molar-refractivity contribution in [2.24, 2.45) is 0 Å². The Bertz CT molecular complexity index is 616. The Morgan fingerprint density at radius 3 is 2.60 bits per heavy atom. The lowest BCUT2D eigenvalue weighted by Crippen LogP contribution is -2.42. The third-order valence-corrected chi connectivity index (χ3v) is 4.86. The Morgan fingerprint density at radius 1 is 1.24 bits per heavy atom. The van der Waals surface area contributed by atoms with Crippen LogP contribution >= 0.6 is 0 Å². The van der Waals surface area contributed by atoms with Gasteiger partial charge < -0.3 is 14.9 Å². The fourth-order valence-electron chi connectivity index (χ4n) is 3.35. The van der Waals surface area contributed by atoms with Gasteiger partial charge in [-0.2, -0.15) is 5.26 Å². The molecule has 0 heterocycles. The van der Waals surface area contributed by atoms with Crippen LogP contribution in [0.5, 0.6) is 0 Å². The third kappa shape index (κ3) is 6.15. The first-order chi connectivity index (χ1) is 11.9. The molecule has 1 aromatic rings. The fourth-order valence-corrected chi connectivity index (χ4v) is 3.35. The number of nitrogens with zero attached hydrogens (tertiary/aromatic N) is 3. The van der Waals surface area contributed by atoms with Crippen LogP contribution in [-0.4, -0.2) is 53.6 Å². The second kappa shape index (κ2) is 8.98. The molecule has 1 amide bonds. The molecule has 1 aromatic carbocycles. The van der Waals surface area contributed by atoms with Gasteiger partial charge in [-0.15, -0.1) is 0 Å². The van der Waals surface area contributed by atoms with Crippen molar-refractivity contribution in [3.05, 3.63) is 35.4 Å². The normalized spacial score (nSPS) is 16.4. The molecular formula is C20H29N3O2. The molecule has 136 valence electrons. The second-order valence-corrected chi connectivity index (χ2v) is 7.39. The summed E-state index contributed by atoms with van der Waals surface area (Å²) in [5.74, 6) is -0.00592. The number of benzene rings is 1. The van der Waals surface area contributed by atoms with Crippen molar-refractivity contribution < 1.29 is 9.90 Å². The van der Waals surface area contributed by atoms with Crippen molar-refractivity contribution >= 4 is 5.91 Å². The Morgan fingerprint density at radius 2 is 1.96 bits per heavy atom. The van der Waals surface area contributed by atoms with Crippen LogP contribution in [0.3, 0.4) is 0 Å². The highest BCUT2D eigenvalue weighted by Gasteiger charge is 2.33. The number of hydrogen-bond acceptors (Lipinski definition) is 4. The molecule has 0 radical (unpaired) electrons. The maximum absolute atomic E-state index is 12.9. The molecule has 1 saturated carbocycles. The van der Waals surface area contributed by atoms with Crippen molar-refractivity contribution in [1.29, 1.82) is 5.26 Å². The number of amides is 1. The van der Waals surface area contributed by atoms with Crippen molar-refractivity contribution in [3.63, 3.8) is 0 Å². The zero-order valence-corrected chi connectivity index (χ0v) is 15.4. The van der Waals surface area contributed by atoms with E-state index >= 15 is 0 Å². The van der Waals surface area contributed by atoms with Gasteiger partial charge >= 0.3 is 0 Å². The first-order valence-corrected chi connectivity index (χ1v) is 9.06. The van der Waals surface area contributed by atoms with Gasteiger partial charge in [-0.1, -0.05) is 31.4 Å². The zero-order valence-electron chi connectivity index (χ0n) is 15.4. The summed E-state index contributed by atoms with van der Waals surface area (Å²) in [5.41, 5.74) is 0.699. The number of nitriles is 1. The van der Waals surface area contributed by atoms with Crippen LogP contribution in [0.4, 0.5) is 0 Å². The number of carbonyl (C=O) groups excluding carboxylic acids is 1. The molecule has 1 fully saturated rings. The van der Waals surface area contributed by atoms with Gasteiger partial charge in [0.1, 0.15) is 0 Å². The Labute approximate surface area is 150 Å². The molecule has 5 heteroatoms. The van der Waals surface area contributed by atoms with Gasteiger partial charge in [-0.25, -0.2) is 0 Å². The van der Waals surface area contributed by atoms with Crippen LogP contribution in [-0.2, 0) is 11.3 Å². The Balaban J connectivity index is 2.08. The summed E-state index contributed by atoms with van der Waals surface area (Å²) < 4.78 is 0. The molecule has 0 saturated heterocycles. The van der Waals surface area contributed by atoms with Gasteiger partial charge in [-0.05, 0) is 44.6 Å². The largest absolute Gasteiger partial charge is 0.389 e. The van der Waals surface area contributed by atoms with Crippen molar-refractivity contribution in [3.8, 4) is 6.07 Å². The summed E-state index contributed by atoms with van der Waals surface area (Å²) in [5, 5.41) is 19.8. The van der Waals surface area contributed by atoms with E-state index in [0.717, 1.165) is 31.4 Å². The average molecular weight is 343 g/mol. The monoisotopic (exact) mass is 343 g/mol. The molecule has 0 bridgehead atoms. The lowest BCUT2D eigenvalue weighted by Gasteiger charge is -2.34. The van der Waals surface area contributed by atoms with Crippen molar-refractivity contribution in [1.82, 2.24) is 9.80 Å². The summed E-state index contributed by atoms with van der Waals surface area (Å²) in [7, 11) is 3.96. The smallest absolute Gasteiger partial charge is 0.225 e. The van der Waals surface area contributed by atoms with Gasteiger partial charge in [0.25, 0.3) is 0 Å². The predicted molar refractivity (Wildman–Crippen MR) is 97.8 cm³/mol. The van der Waals surface area contributed by atoms with E-state index in [-0.39, 0.29) is 12.3 Å². The number of likely N-dealkylation sites (N-methyl/N-ethyl adjacent to an activating group) is 1. The number of carbonyl (C=O) groups is 1. The van der Waals surface area contributed by atoms with Crippen LogP contribution in [0.15, 0.2) is 24.3 Å². The van der Waals surface area contributed by atoms with Gasteiger partial charge in [-0.3, -0.25) is 4.79 Å². The minimum absolute atomic E-state index is 0.00592. The molecule has 5 nitrogen and oxygen atoms in total. The predicted octanol–water partition coefficient (Wildman–Crippen LogP) is 2.53. The highest BCUT2D eigenvalue weighted by Crippen LogP contribution is 2.31. The molecular weight excluding hydrogens is 314 g/mol. The highest BCUT2D eigenvalue weighted by atomic mass is 16.3. The molecule has 1 aliphatic carbocycles. The minimum atomic E-state index is -0.847. The van der Waals surface area contributed by atoms with Crippen molar-refractivity contribution in [2.45, 2.75) is 50.7 Å². The molecule has 1 aliphatic rings. The fraction of sp³-hybridized carbons (Fsp3) is 0.600. The first-order valence-electron chi connectivity index (χ1n) is 9.06. The van der Waals surface area contributed by atoms with Gasteiger partial charge in [0, 0.05) is 19.6 Å². The SMILES string of the molecule is CN(C)CCN(Cc1cccc(C#N)c1)C(=O)CC1(O)CCCCC1. The van der Waals surface area contributed by atoms with Crippen LogP contribution in [0.25, 0.3) is 0 Å². The van der Waals surface area contributed by atoms with E-state index in [1.54, 1.807) is 6.07 Å². The molecule has 2 rings (SSSR count). The van der Waals surface area contributed by atoms with Crippen LogP contribution in [0.1, 0.15) is 49.7 Å². The van der Waals surface area contributed by atoms with Crippen molar-refractivity contribution in [2.75, 3.05) is 27.2 Å². The molecule has 0 unspecified atom stereocenters. The lowest BCUT2D eigenvalue weighted by atomic mass is 9.82. The van der Waals surface area contributed by atoms with E-state index in [1.165, 1.54) is 0 Å². The summed E-state index contributed by atoms with van der Waals surface area (Å²) in [6.07, 6.45) is 4.74. The first kappa shape index (κ1) is 19.4. The summed E-state index contributed by atoms with van der Waals surface area (Å²) in [4.78, 5) is 16.7. The van der Waals surface area contributed by atoms with E-state index in [1.807, 2.05) is 42.1 Å². The van der Waals surface area contributed by atoms with Gasteiger partial charge in [0.05, 0.1) is 23.7 Å².